The Bertz CT molecular complexity index is 1140. The Balaban J connectivity index is 2.03. The summed E-state index contributed by atoms with van der Waals surface area (Å²) in [5, 5.41) is 9.66. The first-order valence-corrected chi connectivity index (χ1v) is 10.2. The minimum Gasteiger partial charge on any atom is -0.496 e. The van der Waals surface area contributed by atoms with E-state index in [0.29, 0.717) is 40.7 Å². The minimum absolute atomic E-state index is 0.143. The monoisotopic (exact) mass is 436 g/mol. The molecule has 6 nitrogen and oxygen atoms in total. The summed E-state index contributed by atoms with van der Waals surface area (Å²) in [6.07, 6.45) is 0. The molecule has 1 N–H and O–H groups in total. The van der Waals surface area contributed by atoms with Crippen molar-refractivity contribution in [2.75, 3.05) is 14.2 Å². The topological polar surface area (TPSA) is 74.2 Å². The molecular weight excluding hydrogens is 408 g/mol. The summed E-state index contributed by atoms with van der Waals surface area (Å²) in [6.45, 7) is 7.68. The van der Waals surface area contributed by atoms with Crippen LogP contribution >= 0.6 is 0 Å². The maximum Gasteiger partial charge on any atom is 0.339 e. The van der Waals surface area contributed by atoms with Gasteiger partial charge < -0.3 is 24.1 Å². The highest BCUT2D eigenvalue weighted by atomic mass is 16.5. The van der Waals surface area contributed by atoms with Crippen LogP contribution in [0.25, 0.3) is 0 Å². The van der Waals surface area contributed by atoms with Crippen molar-refractivity contribution < 1.29 is 28.8 Å². The number of methoxy groups -OCH3 is 2. The minimum atomic E-state index is -1.04. The zero-order valence-electron chi connectivity index (χ0n) is 19.2. The highest BCUT2D eigenvalue weighted by molar-refractivity contribution is 5.94. The van der Waals surface area contributed by atoms with Crippen molar-refractivity contribution in [1.82, 2.24) is 0 Å². The quantitative estimate of drug-likeness (QED) is 0.466. The number of hydrogen-bond donors (Lipinski definition) is 1. The van der Waals surface area contributed by atoms with Crippen LogP contribution in [0.15, 0.2) is 42.5 Å². The molecule has 0 aliphatic heterocycles. The van der Waals surface area contributed by atoms with E-state index in [2.05, 4.69) is 0 Å². The molecule has 0 unspecified atom stereocenters. The molecule has 0 heterocycles. The number of ether oxygens (including phenoxy) is 4. The van der Waals surface area contributed by atoms with E-state index in [1.165, 1.54) is 7.11 Å². The van der Waals surface area contributed by atoms with Gasteiger partial charge in [-0.2, -0.15) is 0 Å². The number of rotatable bonds is 8. The Morgan fingerprint density at radius 1 is 0.812 bits per heavy atom. The standard InChI is InChI=1S/C26H28O6/c1-15-16(2)24(18(4)25(30-6)23(15)26(27)28)32-22-13-20(12-21(29-5)17(22)3)31-14-19-10-8-7-9-11-19/h7-13H,14H2,1-6H3,(H,27,28). The molecule has 0 spiro atoms. The lowest BCUT2D eigenvalue weighted by Gasteiger charge is -2.21. The van der Waals surface area contributed by atoms with Gasteiger partial charge in [-0.1, -0.05) is 30.3 Å². The molecule has 0 fully saturated rings. The van der Waals surface area contributed by atoms with Gasteiger partial charge in [0.05, 0.1) is 14.2 Å². The van der Waals surface area contributed by atoms with Crippen molar-refractivity contribution in [2.24, 2.45) is 0 Å². The van der Waals surface area contributed by atoms with Crippen LogP contribution in [-0.2, 0) is 6.61 Å². The van der Waals surface area contributed by atoms with Gasteiger partial charge in [-0.3, -0.25) is 0 Å². The fraction of sp³-hybridized carbons (Fsp3) is 0.269. The first-order valence-electron chi connectivity index (χ1n) is 10.2. The Hall–Kier alpha value is -3.67. The average molecular weight is 437 g/mol. The van der Waals surface area contributed by atoms with Crippen LogP contribution in [0.1, 0.15) is 38.2 Å². The smallest absolute Gasteiger partial charge is 0.339 e. The number of aromatic carboxylic acids is 1. The normalized spacial score (nSPS) is 10.6. The molecule has 0 amide bonds. The number of carbonyl (C=O) groups is 1. The lowest BCUT2D eigenvalue weighted by atomic mass is 9.97. The van der Waals surface area contributed by atoms with Gasteiger partial charge in [0.15, 0.2) is 0 Å². The molecule has 6 heteroatoms. The van der Waals surface area contributed by atoms with Gasteiger partial charge in [-0.25, -0.2) is 4.79 Å². The van der Waals surface area contributed by atoms with E-state index >= 15 is 0 Å². The lowest BCUT2D eigenvalue weighted by Crippen LogP contribution is -2.09. The summed E-state index contributed by atoms with van der Waals surface area (Å²) in [5.41, 5.74) is 3.93. The zero-order valence-corrected chi connectivity index (χ0v) is 19.2. The van der Waals surface area contributed by atoms with Gasteiger partial charge in [0.2, 0.25) is 0 Å². The number of carboxylic acids is 1. The predicted octanol–water partition coefficient (Wildman–Crippen LogP) is 6.01. The Morgan fingerprint density at radius 3 is 2.06 bits per heavy atom. The van der Waals surface area contributed by atoms with E-state index < -0.39 is 5.97 Å². The fourth-order valence-electron chi connectivity index (χ4n) is 3.66. The Labute approximate surface area is 188 Å². The van der Waals surface area contributed by atoms with Crippen LogP contribution in [0.3, 0.4) is 0 Å². The Kier molecular flexibility index (Phi) is 6.93. The third-order valence-electron chi connectivity index (χ3n) is 5.57. The van der Waals surface area contributed by atoms with E-state index in [0.717, 1.165) is 16.7 Å². The van der Waals surface area contributed by atoms with Crippen LogP contribution in [0.2, 0.25) is 0 Å². The fourth-order valence-corrected chi connectivity index (χ4v) is 3.66. The second kappa shape index (κ2) is 9.64. The highest BCUT2D eigenvalue weighted by Gasteiger charge is 2.24. The molecule has 0 atom stereocenters. The summed E-state index contributed by atoms with van der Waals surface area (Å²) in [7, 11) is 3.05. The largest absolute Gasteiger partial charge is 0.496 e. The SMILES string of the molecule is COc1cc(OCc2ccccc2)cc(Oc2c(C)c(C)c(C(=O)O)c(OC)c2C)c1C. The van der Waals surface area contributed by atoms with Crippen LogP contribution in [-0.4, -0.2) is 25.3 Å². The van der Waals surface area contributed by atoms with Crippen molar-refractivity contribution in [3.63, 3.8) is 0 Å². The van der Waals surface area contributed by atoms with Crippen LogP contribution in [0.4, 0.5) is 0 Å². The Morgan fingerprint density at radius 2 is 1.47 bits per heavy atom. The second-order valence-corrected chi connectivity index (χ2v) is 7.54. The van der Waals surface area contributed by atoms with Crippen LogP contribution < -0.4 is 18.9 Å². The molecule has 32 heavy (non-hydrogen) atoms. The van der Waals surface area contributed by atoms with E-state index in [-0.39, 0.29) is 11.3 Å². The number of benzene rings is 3. The van der Waals surface area contributed by atoms with Crippen molar-refractivity contribution in [3.05, 3.63) is 75.8 Å². The first-order chi connectivity index (χ1) is 15.3. The summed E-state index contributed by atoms with van der Waals surface area (Å²) in [6, 6.07) is 13.5. The third-order valence-corrected chi connectivity index (χ3v) is 5.57. The molecule has 3 rings (SSSR count). The summed E-state index contributed by atoms with van der Waals surface area (Å²) in [4.78, 5) is 11.8. The van der Waals surface area contributed by atoms with E-state index in [4.69, 9.17) is 18.9 Å². The molecule has 0 aliphatic rings. The van der Waals surface area contributed by atoms with Gasteiger partial charge in [0, 0.05) is 23.3 Å². The third kappa shape index (κ3) is 4.49. The van der Waals surface area contributed by atoms with E-state index in [9.17, 15) is 9.90 Å². The lowest BCUT2D eigenvalue weighted by molar-refractivity contribution is 0.0692. The van der Waals surface area contributed by atoms with Gasteiger partial charge in [0.1, 0.15) is 40.9 Å². The average Bonchev–Trinajstić information content (AvgIpc) is 2.79. The maximum atomic E-state index is 11.8. The van der Waals surface area contributed by atoms with Crippen molar-refractivity contribution in [2.45, 2.75) is 34.3 Å². The van der Waals surface area contributed by atoms with E-state index in [1.807, 2.05) is 56.3 Å². The van der Waals surface area contributed by atoms with E-state index in [1.54, 1.807) is 21.0 Å². The van der Waals surface area contributed by atoms with Crippen molar-refractivity contribution in [1.29, 1.82) is 0 Å². The first kappa shape index (κ1) is 23.0. The molecule has 0 radical (unpaired) electrons. The summed E-state index contributed by atoms with van der Waals surface area (Å²) >= 11 is 0. The molecule has 3 aromatic rings. The summed E-state index contributed by atoms with van der Waals surface area (Å²) < 4.78 is 23.3. The van der Waals surface area contributed by atoms with Gasteiger partial charge in [-0.15, -0.1) is 0 Å². The van der Waals surface area contributed by atoms with Crippen molar-refractivity contribution in [3.8, 4) is 28.7 Å². The zero-order chi connectivity index (χ0) is 23.4. The molecule has 3 aromatic carbocycles. The summed E-state index contributed by atoms with van der Waals surface area (Å²) in [5.74, 6) is 1.60. The van der Waals surface area contributed by atoms with Crippen LogP contribution in [0.5, 0.6) is 28.7 Å². The highest BCUT2D eigenvalue weighted by Crippen LogP contribution is 2.43. The maximum absolute atomic E-state index is 11.8. The van der Waals surface area contributed by atoms with Gasteiger partial charge >= 0.3 is 5.97 Å². The number of hydrogen-bond acceptors (Lipinski definition) is 5. The van der Waals surface area contributed by atoms with Gasteiger partial charge in [-0.05, 0) is 44.4 Å². The van der Waals surface area contributed by atoms with Gasteiger partial charge in [0.25, 0.3) is 0 Å². The second-order valence-electron chi connectivity index (χ2n) is 7.54. The molecular formula is C26H28O6. The molecule has 0 saturated heterocycles. The molecule has 168 valence electrons. The predicted molar refractivity (Wildman–Crippen MR) is 123 cm³/mol. The molecule has 0 aromatic heterocycles. The number of carboxylic acid groups (broad SMARTS) is 1. The molecule has 0 aliphatic carbocycles. The molecule has 0 bridgehead atoms. The molecule has 0 saturated carbocycles. The van der Waals surface area contributed by atoms with Crippen LogP contribution in [0, 0.1) is 27.7 Å². The van der Waals surface area contributed by atoms with Crippen molar-refractivity contribution >= 4 is 5.97 Å².